The van der Waals surface area contributed by atoms with Crippen LogP contribution in [0.15, 0.2) is 28.8 Å². The van der Waals surface area contributed by atoms with Gasteiger partial charge in [0.25, 0.3) is 5.89 Å². The second-order valence-corrected chi connectivity index (χ2v) is 7.48. The van der Waals surface area contributed by atoms with Gasteiger partial charge < -0.3 is 9.42 Å². The molecule has 2 heterocycles. The van der Waals surface area contributed by atoms with Crippen molar-refractivity contribution in [2.75, 3.05) is 13.1 Å². The van der Waals surface area contributed by atoms with Crippen molar-refractivity contribution in [3.63, 3.8) is 0 Å². The summed E-state index contributed by atoms with van der Waals surface area (Å²) in [5.74, 6) is 2.10. The summed E-state index contributed by atoms with van der Waals surface area (Å²) < 4.78 is 18.3. The lowest BCUT2D eigenvalue weighted by Gasteiger charge is -2.32. The number of hydrogen-bond donors (Lipinski definition) is 0. The number of amides is 1. The molecule has 1 fully saturated rings. The third-order valence-electron chi connectivity index (χ3n) is 4.89. The molecule has 1 aliphatic heterocycles. The molecule has 6 heteroatoms. The number of carbonyl (C=O) groups is 1. The molecule has 0 aliphatic carbocycles. The molecule has 1 amide bonds. The summed E-state index contributed by atoms with van der Waals surface area (Å²) in [5.41, 5.74) is 0.724. The maximum absolute atomic E-state index is 13.0. The van der Waals surface area contributed by atoms with Crippen LogP contribution in [0.1, 0.15) is 45.4 Å². The average Bonchev–Trinajstić information content (AvgIpc) is 3.09. The molecule has 1 saturated heterocycles. The molecule has 0 radical (unpaired) electrons. The number of halogens is 1. The number of likely N-dealkylation sites (tertiary alicyclic amines) is 1. The van der Waals surface area contributed by atoms with Crippen LogP contribution in [0.4, 0.5) is 4.39 Å². The van der Waals surface area contributed by atoms with Gasteiger partial charge in [0, 0.05) is 31.5 Å². The van der Waals surface area contributed by atoms with Crippen LogP contribution in [0, 0.1) is 17.7 Å². The molecule has 26 heavy (non-hydrogen) atoms. The van der Waals surface area contributed by atoms with Crippen molar-refractivity contribution in [2.24, 2.45) is 11.8 Å². The second kappa shape index (κ2) is 8.43. The lowest BCUT2D eigenvalue weighted by atomic mass is 9.91. The third-order valence-corrected chi connectivity index (χ3v) is 4.89. The maximum Gasteiger partial charge on any atom is 0.257 e. The first-order chi connectivity index (χ1) is 12.5. The first kappa shape index (κ1) is 18.5. The van der Waals surface area contributed by atoms with Gasteiger partial charge in [0.2, 0.25) is 5.91 Å². The van der Waals surface area contributed by atoms with Crippen molar-refractivity contribution in [1.29, 1.82) is 0 Å². The molecule has 0 saturated carbocycles. The minimum absolute atomic E-state index is 0.278. The van der Waals surface area contributed by atoms with Crippen LogP contribution in [0.2, 0.25) is 0 Å². The molecule has 1 aliphatic rings. The summed E-state index contributed by atoms with van der Waals surface area (Å²) in [6.45, 7) is 5.86. The van der Waals surface area contributed by atoms with Crippen LogP contribution >= 0.6 is 0 Å². The van der Waals surface area contributed by atoms with Gasteiger partial charge in [-0.15, -0.1) is 0 Å². The standard InChI is InChI=1S/C20H26FN3O2/c1-14(2)13-19(25)24-11-9-15(10-12-24)3-8-18-22-20(26-23-18)16-4-6-17(21)7-5-16/h4-7,14-15H,3,8-13H2,1-2H3. The predicted molar refractivity (Wildman–Crippen MR) is 96.8 cm³/mol. The lowest BCUT2D eigenvalue weighted by Crippen LogP contribution is -2.39. The van der Waals surface area contributed by atoms with Crippen LogP contribution in [0.5, 0.6) is 0 Å². The Balaban J connectivity index is 1.46. The smallest absolute Gasteiger partial charge is 0.257 e. The number of benzene rings is 1. The highest BCUT2D eigenvalue weighted by Crippen LogP contribution is 2.24. The van der Waals surface area contributed by atoms with E-state index >= 15 is 0 Å². The van der Waals surface area contributed by atoms with E-state index in [4.69, 9.17) is 4.52 Å². The van der Waals surface area contributed by atoms with Gasteiger partial charge in [-0.2, -0.15) is 4.98 Å². The van der Waals surface area contributed by atoms with Gasteiger partial charge >= 0.3 is 0 Å². The maximum atomic E-state index is 13.0. The molecule has 5 nitrogen and oxygen atoms in total. The van der Waals surface area contributed by atoms with E-state index in [2.05, 4.69) is 24.0 Å². The number of aryl methyl sites for hydroxylation is 1. The fourth-order valence-electron chi connectivity index (χ4n) is 3.35. The fourth-order valence-corrected chi connectivity index (χ4v) is 3.35. The predicted octanol–water partition coefficient (Wildman–Crippen LogP) is 4.09. The zero-order valence-corrected chi connectivity index (χ0v) is 15.4. The molecule has 0 spiro atoms. The quantitative estimate of drug-likeness (QED) is 0.779. The number of rotatable bonds is 6. The Morgan fingerprint density at radius 1 is 1.27 bits per heavy atom. The molecule has 0 atom stereocenters. The Kier molecular flexibility index (Phi) is 6.01. The lowest BCUT2D eigenvalue weighted by molar-refractivity contribution is -0.133. The van der Waals surface area contributed by atoms with Crippen molar-refractivity contribution >= 4 is 5.91 Å². The number of carbonyl (C=O) groups excluding carboxylic acids is 1. The van der Waals surface area contributed by atoms with E-state index in [1.165, 1.54) is 12.1 Å². The Bertz CT molecular complexity index is 719. The van der Waals surface area contributed by atoms with Crippen molar-refractivity contribution in [3.05, 3.63) is 35.9 Å². The summed E-state index contributed by atoms with van der Waals surface area (Å²) in [6.07, 6.45) is 4.46. The van der Waals surface area contributed by atoms with Crippen molar-refractivity contribution in [1.82, 2.24) is 15.0 Å². The fraction of sp³-hybridized carbons (Fsp3) is 0.550. The number of hydrogen-bond acceptors (Lipinski definition) is 4. The van der Waals surface area contributed by atoms with Crippen LogP contribution in [-0.2, 0) is 11.2 Å². The van der Waals surface area contributed by atoms with Gasteiger partial charge in [-0.05, 0) is 55.4 Å². The zero-order chi connectivity index (χ0) is 18.5. The highest BCUT2D eigenvalue weighted by atomic mass is 19.1. The van der Waals surface area contributed by atoms with Gasteiger partial charge in [-0.1, -0.05) is 19.0 Å². The summed E-state index contributed by atoms with van der Waals surface area (Å²) in [5, 5.41) is 4.03. The van der Waals surface area contributed by atoms with Crippen molar-refractivity contribution in [2.45, 2.75) is 46.0 Å². The number of aromatic nitrogens is 2. The van der Waals surface area contributed by atoms with E-state index in [9.17, 15) is 9.18 Å². The van der Waals surface area contributed by atoms with Gasteiger partial charge in [0.05, 0.1) is 0 Å². The molecule has 0 N–H and O–H groups in total. The number of nitrogens with zero attached hydrogens (tertiary/aromatic N) is 3. The highest BCUT2D eigenvalue weighted by Gasteiger charge is 2.23. The SMILES string of the molecule is CC(C)CC(=O)N1CCC(CCc2noc(-c3ccc(F)cc3)n2)CC1. The first-order valence-electron chi connectivity index (χ1n) is 9.37. The van der Waals surface area contributed by atoms with E-state index in [0.717, 1.165) is 44.3 Å². The monoisotopic (exact) mass is 359 g/mol. The van der Waals surface area contributed by atoms with Gasteiger partial charge in [-0.3, -0.25) is 4.79 Å². The van der Waals surface area contributed by atoms with Crippen LogP contribution in [0.3, 0.4) is 0 Å². The molecule has 1 aromatic carbocycles. The largest absolute Gasteiger partial charge is 0.343 e. The van der Waals surface area contributed by atoms with E-state index in [0.29, 0.717) is 30.0 Å². The summed E-state index contributed by atoms with van der Waals surface area (Å²) >= 11 is 0. The highest BCUT2D eigenvalue weighted by molar-refractivity contribution is 5.76. The van der Waals surface area contributed by atoms with Gasteiger partial charge in [0.15, 0.2) is 5.82 Å². The van der Waals surface area contributed by atoms with E-state index in [1.54, 1.807) is 12.1 Å². The van der Waals surface area contributed by atoms with Crippen molar-refractivity contribution in [3.8, 4) is 11.5 Å². The van der Waals surface area contributed by atoms with E-state index in [-0.39, 0.29) is 11.7 Å². The van der Waals surface area contributed by atoms with Crippen molar-refractivity contribution < 1.29 is 13.7 Å². The minimum atomic E-state index is -0.285. The molecular weight excluding hydrogens is 333 g/mol. The first-order valence-corrected chi connectivity index (χ1v) is 9.37. The summed E-state index contributed by atoms with van der Waals surface area (Å²) in [4.78, 5) is 18.5. The second-order valence-electron chi connectivity index (χ2n) is 7.48. The third kappa shape index (κ3) is 4.90. The minimum Gasteiger partial charge on any atom is -0.343 e. The Morgan fingerprint density at radius 2 is 1.96 bits per heavy atom. The zero-order valence-electron chi connectivity index (χ0n) is 15.4. The summed E-state index contributed by atoms with van der Waals surface area (Å²) in [6, 6.07) is 6.04. The van der Waals surface area contributed by atoms with Gasteiger partial charge in [0.1, 0.15) is 5.82 Å². The normalized spacial score (nSPS) is 15.6. The number of piperidine rings is 1. The van der Waals surface area contributed by atoms with Crippen LogP contribution in [0.25, 0.3) is 11.5 Å². The molecule has 140 valence electrons. The molecule has 2 aromatic rings. The molecule has 0 unspecified atom stereocenters. The Morgan fingerprint density at radius 3 is 2.62 bits per heavy atom. The molecular formula is C20H26FN3O2. The van der Waals surface area contributed by atoms with E-state index in [1.807, 2.05) is 4.90 Å². The summed E-state index contributed by atoms with van der Waals surface area (Å²) in [7, 11) is 0. The Labute approximate surface area is 153 Å². The Hall–Kier alpha value is -2.24. The average molecular weight is 359 g/mol. The molecule has 0 bridgehead atoms. The van der Waals surface area contributed by atoms with Crippen LogP contribution < -0.4 is 0 Å². The molecule has 1 aromatic heterocycles. The van der Waals surface area contributed by atoms with E-state index < -0.39 is 0 Å². The van der Waals surface area contributed by atoms with Crippen LogP contribution in [-0.4, -0.2) is 34.0 Å². The topological polar surface area (TPSA) is 59.2 Å². The van der Waals surface area contributed by atoms with Gasteiger partial charge in [-0.25, -0.2) is 4.39 Å². The molecule has 3 rings (SSSR count).